The molecule has 1 aliphatic carbocycles. The van der Waals surface area contributed by atoms with Crippen LogP contribution in [0.1, 0.15) is 36.9 Å². The summed E-state index contributed by atoms with van der Waals surface area (Å²) in [7, 11) is 0. The van der Waals surface area contributed by atoms with E-state index in [1.54, 1.807) is 6.07 Å². The van der Waals surface area contributed by atoms with E-state index >= 15 is 4.39 Å². The number of benzene rings is 2. The Hall–Kier alpha value is -3.03. The van der Waals surface area contributed by atoms with Crippen molar-refractivity contribution in [1.82, 2.24) is 9.78 Å². The third-order valence-corrected chi connectivity index (χ3v) is 6.82. The molecular weight excluding hydrogens is 447 g/mol. The number of aliphatic hydroxyl groups is 1. The van der Waals surface area contributed by atoms with E-state index in [0.717, 1.165) is 48.1 Å². The lowest BCUT2D eigenvalue weighted by molar-refractivity contribution is -0.142. The topological polar surface area (TPSA) is 84.6 Å². The van der Waals surface area contributed by atoms with Crippen LogP contribution in [-0.2, 0) is 22.5 Å². The summed E-state index contributed by atoms with van der Waals surface area (Å²) in [4.78, 5) is 10.7. The highest BCUT2D eigenvalue weighted by molar-refractivity contribution is 5.83. The van der Waals surface area contributed by atoms with E-state index in [1.165, 1.54) is 6.07 Å². The molecule has 1 fully saturated rings. The Bertz CT molecular complexity index is 1140. The summed E-state index contributed by atoms with van der Waals surface area (Å²) in [5, 5.41) is 23.6. The predicted molar refractivity (Wildman–Crippen MR) is 132 cm³/mol. The van der Waals surface area contributed by atoms with E-state index in [2.05, 4.69) is 0 Å². The fourth-order valence-electron chi connectivity index (χ4n) is 5.05. The van der Waals surface area contributed by atoms with E-state index in [1.807, 2.05) is 48.0 Å². The van der Waals surface area contributed by atoms with Gasteiger partial charge in [0.25, 0.3) is 0 Å². The maximum Gasteiger partial charge on any atom is 0.329 e. The molecule has 2 aromatic carbocycles. The van der Waals surface area contributed by atoms with Crippen molar-refractivity contribution >= 4 is 5.97 Å². The molecule has 0 aliphatic heterocycles. The van der Waals surface area contributed by atoms with Crippen molar-refractivity contribution < 1.29 is 24.1 Å². The Morgan fingerprint density at radius 3 is 2.49 bits per heavy atom. The van der Waals surface area contributed by atoms with Crippen LogP contribution in [0.2, 0.25) is 0 Å². The number of carboxylic acids is 1. The lowest BCUT2D eigenvalue weighted by Crippen LogP contribution is -2.24. The van der Waals surface area contributed by atoms with Gasteiger partial charge in [-0.3, -0.25) is 4.68 Å². The van der Waals surface area contributed by atoms with Crippen LogP contribution in [0, 0.1) is 24.6 Å². The number of aliphatic hydroxyl groups excluding tert-OH is 1. The third-order valence-electron chi connectivity index (χ3n) is 6.82. The van der Waals surface area contributed by atoms with Gasteiger partial charge in [0, 0.05) is 36.4 Å². The first-order valence-electron chi connectivity index (χ1n) is 12.3. The average Bonchev–Trinajstić information content (AvgIpc) is 3.18. The zero-order valence-electron chi connectivity index (χ0n) is 20.1. The van der Waals surface area contributed by atoms with Gasteiger partial charge in [0.1, 0.15) is 18.1 Å². The van der Waals surface area contributed by atoms with Crippen molar-refractivity contribution in [1.29, 1.82) is 0 Å². The second-order valence-electron chi connectivity index (χ2n) is 9.47. The van der Waals surface area contributed by atoms with Gasteiger partial charge in [0.15, 0.2) is 0 Å². The van der Waals surface area contributed by atoms with Crippen molar-refractivity contribution in [3.8, 4) is 22.4 Å². The van der Waals surface area contributed by atoms with Gasteiger partial charge >= 0.3 is 5.97 Å². The van der Waals surface area contributed by atoms with Crippen LogP contribution in [0.25, 0.3) is 22.4 Å². The number of ether oxygens (including phenoxy) is 1. The molecule has 0 unspecified atom stereocenters. The number of nitrogens with zero attached hydrogens (tertiary/aromatic N) is 2. The molecule has 3 aromatic rings. The fourth-order valence-corrected chi connectivity index (χ4v) is 5.05. The summed E-state index contributed by atoms with van der Waals surface area (Å²) in [6.07, 6.45) is 4.38. The Labute approximate surface area is 205 Å². The highest BCUT2D eigenvalue weighted by atomic mass is 19.1. The van der Waals surface area contributed by atoms with E-state index in [-0.39, 0.29) is 19.0 Å². The van der Waals surface area contributed by atoms with E-state index in [4.69, 9.17) is 14.9 Å². The van der Waals surface area contributed by atoms with Gasteiger partial charge in [-0.05, 0) is 67.7 Å². The van der Waals surface area contributed by atoms with E-state index in [0.29, 0.717) is 42.7 Å². The summed E-state index contributed by atoms with van der Waals surface area (Å²) in [5.41, 5.74) is 4.67. The summed E-state index contributed by atoms with van der Waals surface area (Å²) in [5.74, 6) is -0.465. The number of hydrogen-bond donors (Lipinski definition) is 2. The maximum atomic E-state index is 15.1. The molecule has 4 rings (SSSR count). The van der Waals surface area contributed by atoms with Crippen LogP contribution in [0.4, 0.5) is 4.39 Å². The number of rotatable bonds is 10. The van der Waals surface area contributed by atoms with Crippen LogP contribution in [-0.4, -0.2) is 45.8 Å². The van der Waals surface area contributed by atoms with Crippen LogP contribution in [0.3, 0.4) is 0 Å². The molecular formula is C28H33FN2O4. The van der Waals surface area contributed by atoms with Crippen LogP contribution < -0.4 is 0 Å². The fraction of sp³-hybridized carbons (Fsp3) is 0.429. The van der Waals surface area contributed by atoms with Crippen molar-refractivity contribution in [2.45, 2.75) is 45.6 Å². The molecule has 1 saturated carbocycles. The van der Waals surface area contributed by atoms with Crippen molar-refractivity contribution in [2.75, 3.05) is 19.8 Å². The number of aryl methyl sites for hydroxylation is 1. The van der Waals surface area contributed by atoms with Gasteiger partial charge in [-0.25, -0.2) is 9.18 Å². The van der Waals surface area contributed by atoms with Crippen LogP contribution >= 0.6 is 0 Å². The van der Waals surface area contributed by atoms with Gasteiger partial charge in [-0.15, -0.1) is 0 Å². The van der Waals surface area contributed by atoms with Gasteiger partial charge in [0.05, 0.1) is 6.61 Å². The quantitative estimate of drug-likeness (QED) is 0.421. The number of carboxylic acid groups (broad SMARTS) is 1. The van der Waals surface area contributed by atoms with Crippen LogP contribution in [0.5, 0.6) is 0 Å². The molecule has 1 heterocycles. The Balaban J connectivity index is 1.61. The molecule has 2 N–H and O–H groups in total. The van der Waals surface area contributed by atoms with Gasteiger partial charge < -0.3 is 14.9 Å². The first kappa shape index (κ1) is 25.1. The lowest BCUT2D eigenvalue weighted by atomic mass is 9.82. The zero-order chi connectivity index (χ0) is 24.8. The highest BCUT2D eigenvalue weighted by Crippen LogP contribution is 2.38. The zero-order valence-corrected chi connectivity index (χ0v) is 20.1. The number of hydrogen-bond acceptors (Lipinski definition) is 4. The lowest BCUT2D eigenvalue weighted by Gasteiger charge is -2.28. The molecule has 0 saturated heterocycles. The SMILES string of the molecule is Cc1ccc(-c2nn(C[C@H]3CC[C@@H](COCC(=O)O)CC3)c(CCO)c2-c2ccccc2)c(F)c1. The number of halogens is 1. The Morgan fingerprint density at radius 1 is 1.11 bits per heavy atom. The van der Waals surface area contributed by atoms with Crippen LogP contribution in [0.15, 0.2) is 48.5 Å². The molecule has 1 aromatic heterocycles. The van der Waals surface area contributed by atoms with Gasteiger partial charge in [-0.2, -0.15) is 5.10 Å². The van der Waals surface area contributed by atoms with Crippen molar-refractivity contribution in [2.24, 2.45) is 11.8 Å². The minimum Gasteiger partial charge on any atom is -0.480 e. The molecule has 0 bridgehead atoms. The highest BCUT2D eigenvalue weighted by Gasteiger charge is 2.26. The summed E-state index contributed by atoms with van der Waals surface area (Å²) in [6, 6.07) is 15.1. The Kier molecular flexibility index (Phi) is 8.31. The number of aromatic nitrogens is 2. The molecule has 0 radical (unpaired) electrons. The largest absolute Gasteiger partial charge is 0.480 e. The molecule has 35 heavy (non-hydrogen) atoms. The summed E-state index contributed by atoms with van der Waals surface area (Å²) in [6.45, 7) is 2.77. The summed E-state index contributed by atoms with van der Waals surface area (Å²) >= 11 is 0. The second kappa shape index (κ2) is 11.6. The first-order chi connectivity index (χ1) is 17.0. The molecule has 0 spiro atoms. The van der Waals surface area contributed by atoms with Crippen molar-refractivity contribution in [3.63, 3.8) is 0 Å². The molecule has 0 amide bonds. The Morgan fingerprint density at radius 2 is 1.83 bits per heavy atom. The monoisotopic (exact) mass is 480 g/mol. The van der Waals surface area contributed by atoms with Gasteiger partial charge in [0.2, 0.25) is 0 Å². The van der Waals surface area contributed by atoms with Gasteiger partial charge in [-0.1, -0.05) is 36.4 Å². The first-order valence-corrected chi connectivity index (χ1v) is 12.3. The number of carbonyl (C=O) groups is 1. The second-order valence-corrected chi connectivity index (χ2v) is 9.47. The number of aliphatic carboxylic acids is 1. The maximum absolute atomic E-state index is 15.1. The van der Waals surface area contributed by atoms with E-state index < -0.39 is 5.97 Å². The van der Waals surface area contributed by atoms with E-state index in [9.17, 15) is 9.90 Å². The molecule has 186 valence electrons. The summed E-state index contributed by atoms with van der Waals surface area (Å²) < 4.78 is 22.3. The smallest absolute Gasteiger partial charge is 0.329 e. The minimum absolute atomic E-state index is 0.0188. The average molecular weight is 481 g/mol. The molecule has 1 aliphatic rings. The normalized spacial score (nSPS) is 18.0. The predicted octanol–water partition coefficient (Wildman–Crippen LogP) is 5.11. The third kappa shape index (κ3) is 6.16. The van der Waals surface area contributed by atoms with Crippen molar-refractivity contribution in [3.05, 3.63) is 65.6 Å². The molecule has 7 heteroatoms. The standard InChI is InChI=1S/C28H33FN2O4/c1-19-7-12-23(24(29)15-19)28-27(22-5-3-2-4-6-22)25(13-14-32)31(30-28)16-20-8-10-21(11-9-20)17-35-18-26(33)34/h2-7,12,15,20-21,32H,8-11,13-14,16-18H2,1H3,(H,33,34)/t20-,21+. The molecule has 6 nitrogen and oxygen atoms in total. The minimum atomic E-state index is -0.941. The molecule has 0 atom stereocenters.